The van der Waals surface area contributed by atoms with Gasteiger partial charge in [0.2, 0.25) is 0 Å². The maximum Gasteiger partial charge on any atom is 0.410 e. The number of carbonyl (C=O) groups is 1. The van der Waals surface area contributed by atoms with Crippen molar-refractivity contribution in [3.63, 3.8) is 0 Å². The van der Waals surface area contributed by atoms with Gasteiger partial charge in [-0.3, -0.25) is 0 Å². The van der Waals surface area contributed by atoms with Crippen LogP contribution in [0, 0.1) is 5.92 Å². The van der Waals surface area contributed by atoms with Crippen molar-refractivity contribution in [2.24, 2.45) is 10.3 Å². The third kappa shape index (κ3) is 5.44. The molecule has 0 saturated carbocycles. The molecule has 0 spiro atoms. The summed E-state index contributed by atoms with van der Waals surface area (Å²) in [6.07, 6.45) is 5.70. The standard InChI is InChI=1S/C12H22N2O2S/c1-12(2,3)16-11(15)14-7-5-10(6-8-14)9-13-17-4/h9-10H,5-8H2,1-4H3/b13-9+. The van der Waals surface area contributed by atoms with Gasteiger partial charge in [0.05, 0.1) is 0 Å². The lowest BCUT2D eigenvalue weighted by molar-refractivity contribution is 0.0203. The minimum absolute atomic E-state index is 0.197. The van der Waals surface area contributed by atoms with Crippen LogP contribution in [0.2, 0.25) is 0 Å². The molecule has 0 aromatic heterocycles. The van der Waals surface area contributed by atoms with E-state index in [2.05, 4.69) is 4.40 Å². The van der Waals surface area contributed by atoms with Crippen LogP contribution in [0.5, 0.6) is 0 Å². The van der Waals surface area contributed by atoms with E-state index in [9.17, 15) is 4.79 Å². The van der Waals surface area contributed by atoms with E-state index in [0.29, 0.717) is 5.92 Å². The first-order valence-corrected chi connectivity index (χ1v) is 7.15. The van der Waals surface area contributed by atoms with Crippen LogP contribution in [-0.4, -0.2) is 42.2 Å². The van der Waals surface area contributed by atoms with Crippen molar-refractivity contribution >= 4 is 24.3 Å². The summed E-state index contributed by atoms with van der Waals surface area (Å²) in [7, 11) is 0. The maximum absolute atomic E-state index is 11.8. The molecule has 0 aliphatic carbocycles. The molecule has 1 aliphatic heterocycles. The lowest BCUT2D eigenvalue weighted by atomic mass is 9.99. The van der Waals surface area contributed by atoms with E-state index in [-0.39, 0.29) is 6.09 Å². The summed E-state index contributed by atoms with van der Waals surface area (Å²) in [5.41, 5.74) is -0.408. The Kier molecular flexibility index (Phi) is 5.31. The molecule has 1 rings (SSSR count). The van der Waals surface area contributed by atoms with E-state index < -0.39 is 5.60 Å². The Morgan fingerprint density at radius 1 is 1.41 bits per heavy atom. The first kappa shape index (κ1) is 14.4. The average molecular weight is 258 g/mol. The van der Waals surface area contributed by atoms with Gasteiger partial charge in [-0.15, -0.1) is 0 Å². The fourth-order valence-corrected chi connectivity index (χ4v) is 2.00. The molecule has 1 fully saturated rings. The molecule has 17 heavy (non-hydrogen) atoms. The van der Waals surface area contributed by atoms with E-state index in [4.69, 9.17) is 4.74 Å². The van der Waals surface area contributed by atoms with Crippen LogP contribution in [0.3, 0.4) is 0 Å². The molecule has 1 amide bonds. The summed E-state index contributed by atoms with van der Waals surface area (Å²) in [6, 6.07) is 0. The Balaban J connectivity index is 2.36. The minimum atomic E-state index is -0.408. The second-order valence-corrected chi connectivity index (χ2v) is 5.82. The molecule has 1 heterocycles. The molecular weight excluding hydrogens is 236 g/mol. The summed E-state index contributed by atoms with van der Waals surface area (Å²) in [5.74, 6) is 0.501. The van der Waals surface area contributed by atoms with E-state index >= 15 is 0 Å². The van der Waals surface area contributed by atoms with Gasteiger partial charge in [0, 0.05) is 25.6 Å². The molecule has 0 unspecified atom stereocenters. The molecule has 1 saturated heterocycles. The molecule has 1 aliphatic rings. The summed E-state index contributed by atoms with van der Waals surface area (Å²) in [4.78, 5) is 13.6. The lowest BCUT2D eigenvalue weighted by Crippen LogP contribution is -2.41. The molecule has 0 aromatic rings. The normalized spacial score (nSPS) is 18.7. The molecule has 0 radical (unpaired) electrons. The van der Waals surface area contributed by atoms with Gasteiger partial charge in [-0.05, 0) is 51.5 Å². The highest BCUT2D eigenvalue weighted by atomic mass is 32.2. The molecule has 0 atom stereocenters. The molecule has 4 nitrogen and oxygen atoms in total. The highest BCUT2D eigenvalue weighted by Crippen LogP contribution is 2.18. The predicted molar refractivity (Wildman–Crippen MR) is 72.5 cm³/mol. The Labute approximate surface area is 108 Å². The smallest absolute Gasteiger partial charge is 0.410 e. The minimum Gasteiger partial charge on any atom is -0.444 e. The number of hydrogen-bond acceptors (Lipinski definition) is 4. The van der Waals surface area contributed by atoms with E-state index in [1.54, 1.807) is 4.90 Å². The first-order chi connectivity index (χ1) is 7.92. The largest absolute Gasteiger partial charge is 0.444 e. The number of ether oxygens (including phenoxy) is 1. The van der Waals surface area contributed by atoms with Crippen LogP contribution < -0.4 is 0 Å². The Bertz CT molecular complexity index is 279. The van der Waals surface area contributed by atoms with Crippen LogP contribution in [-0.2, 0) is 4.74 Å². The summed E-state index contributed by atoms with van der Waals surface area (Å²) in [5, 5.41) is 0. The molecule has 0 aromatic carbocycles. The van der Waals surface area contributed by atoms with Gasteiger partial charge >= 0.3 is 6.09 Å². The van der Waals surface area contributed by atoms with Crippen LogP contribution >= 0.6 is 11.9 Å². The summed E-state index contributed by atoms with van der Waals surface area (Å²) < 4.78 is 9.52. The van der Waals surface area contributed by atoms with Crippen LogP contribution in [0.15, 0.2) is 4.40 Å². The number of amides is 1. The fourth-order valence-electron chi connectivity index (χ4n) is 1.70. The third-order valence-electron chi connectivity index (χ3n) is 2.57. The number of nitrogens with zero attached hydrogens (tertiary/aromatic N) is 2. The highest BCUT2D eigenvalue weighted by molar-refractivity contribution is 7.97. The number of piperidine rings is 1. The van der Waals surface area contributed by atoms with Crippen molar-refractivity contribution in [2.75, 3.05) is 19.3 Å². The van der Waals surface area contributed by atoms with E-state index in [0.717, 1.165) is 25.9 Å². The zero-order valence-electron chi connectivity index (χ0n) is 11.1. The second kappa shape index (κ2) is 6.28. The zero-order chi connectivity index (χ0) is 12.9. The predicted octanol–water partition coefficient (Wildman–Crippen LogP) is 2.98. The highest BCUT2D eigenvalue weighted by Gasteiger charge is 2.26. The van der Waals surface area contributed by atoms with Crippen molar-refractivity contribution in [3.05, 3.63) is 0 Å². The molecular formula is C12H22N2O2S. The third-order valence-corrected chi connectivity index (χ3v) is 2.90. The monoisotopic (exact) mass is 258 g/mol. The Morgan fingerprint density at radius 3 is 2.47 bits per heavy atom. The number of likely N-dealkylation sites (tertiary alicyclic amines) is 1. The van der Waals surface area contributed by atoms with Gasteiger partial charge < -0.3 is 9.64 Å². The van der Waals surface area contributed by atoms with Crippen molar-refractivity contribution < 1.29 is 9.53 Å². The van der Waals surface area contributed by atoms with Crippen molar-refractivity contribution in [1.29, 1.82) is 0 Å². The van der Waals surface area contributed by atoms with E-state index in [1.807, 2.05) is 33.2 Å². The van der Waals surface area contributed by atoms with Gasteiger partial charge in [0.15, 0.2) is 0 Å². The van der Waals surface area contributed by atoms with E-state index in [1.165, 1.54) is 11.9 Å². The van der Waals surface area contributed by atoms with Crippen molar-refractivity contribution in [1.82, 2.24) is 4.90 Å². The SMILES string of the molecule is CS/N=C/C1CCN(C(=O)OC(C)(C)C)CC1. The summed E-state index contributed by atoms with van der Waals surface area (Å²) in [6.45, 7) is 7.20. The van der Waals surface area contributed by atoms with Gasteiger partial charge in [-0.1, -0.05) is 0 Å². The zero-order valence-corrected chi connectivity index (χ0v) is 11.9. The fraction of sp³-hybridized carbons (Fsp3) is 0.833. The number of hydrogen-bond donors (Lipinski definition) is 0. The van der Waals surface area contributed by atoms with Gasteiger partial charge in [0.25, 0.3) is 0 Å². The molecule has 0 bridgehead atoms. The quantitative estimate of drug-likeness (QED) is 0.565. The van der Waals surface area contributed by atoms with Crippen LogP contribution in [0.1, 0.15) is 33.6 Å². The Hall–Kier alpha value is -0.710. The average Bonchev–Trinajstić information content (AvgIpc) is 2.24. The summed E-state index contributed by atoms with van der Waals surface area (Å²) >= 11 is 1.47. The second-order valence-electron chi connectivity index (χ2n) is 5.24. The van der Waals surface area contributed by atoms with Crippen LogP contribution in [0.4, 0.5) is 4.79 Å². The molecule has 98 valence electrons. The number of carbonyl (C=O) groups excluding carboxylic acids is 1. The molecule has 5 heteroatoms. The van der Waals surface area contributed by atoms with Crippen LogP contribution in [0.25, 0.3) is 0 Å². The van der Waals surface area contributed by atoms with Gasteiger partial charge in [0.1, 0.15) is 5.60 Å². The topological polar surface area (TPSA) is 41.9 Å². The Morgan fingerprint density at radius 2 is 2.00 bits per heavy atom. The van der Waals surface area contributed by atoms with Crippen molar-refractivity contribution in [3.8, 4) is 0 Å². The van der Waals surface area contributed by atoms with Gasteiger partial charge in [-0.25, -0.2) is 9.19 Å². The van der Waals surface area contributed by atoms with Crippen molar-refractivity contribution in [2.45, 2.75) is 39.2 Å². The lowest BCUT2D eigenvalue weighted by Gasteiger charge is -2.32. The maximum atomic E-state index is 11.8. The van der Waals surface area contributed by atoms with Gasteiger partial charge in [-0.2, -0.15) is 0 Å². The number of rotatable bonds is 2. The first-order valence-electron chi connectivity index (χ1n) is 5.97. The molecule has 0 N–H and O–H groups in total.